The number of fused-ring (bicyclic) bond motifs is 1. The summed E-state index contributed by atoms with van der Waals surface area (Å²) < 4.78 is 7.44. The van der Waals surface area contributed by atoms with Crippen LogP contribution < -0.4 is 10.1 Å². The molecule has 1 atom stereocenters. The molecule has 3 heterocycles. The summed E-state index contributed by atoms with van der Waals surface area (Å²) in [6.45, 7) is 5.59. The Labute approximate surface area is 156 Å². The van der Waals surface area contributed by atoms with Gasteiger partial charge in [-0.1, -0.05) is 13.3 Å². The van der Waals surface area contributed by atoms with Gasteiger partial charge < -0.3 is 10.1 Å². The average Bonchev–Trinajstić information content (AvgIpc) is 2.88. The molecule has 140 valence electrons. The summed E-state index contributed by atoms with van der Waals surface area (Å²) in [5.74, 6) is 2.08. The molecule has 0 bridgehead atoms. The molecule has 1 aromatic heterocycles. The smallest absolute Gasteiger partial charge is 0.133 e. The van der Waals surface area contributed by atoms with E-state index in [4.69, 9.17) is 9.84 Å². The Hall–Kier alpha value is -2.01. The highest BCUT2D eigenvalue weighted by Gasteiger charge is 2.30. The van der Waals surface area contributed by atoms with Gasteiger partial charge >= 0.3 is 0 Å². The lowest BCUT2D eigenvalue weighted by Gasteiger charge is -2.34. The van der Waals surface area contributed by atoms with E-state index in [9.17, 15) is 0 Å². The number of methoxy groups -OCH3 is 1. The maximum Gasteiger partial charge on any atom is 0.133 e. The molecule has 26 heavy (non-hydrogen) atoms. The van der Waals surface area contributed by atoms with Crippen molar-refractivity contribution in [2.75, 3.05) is 32.1 Å². The van der Waals surface area contributed by atoms with Gasteiger partial charge in [0.1, 0.15) is 11.6 Å². The van der Waals surface area contributed by atoms with Crippen molar-refractivity contribution >= 4 is 5.82 Å². The fraction of sp³-hybridized carbons (Fsp3) is 0.571. The van der Waals surface area contributed by atoms with Crippen LogP contribution >= 0.6 is 0 Å². The molecule has 0 aliphatic carbocycles. The first-order chi connectivity index (χ1) is 12.8. The van der Waals surface area contributed by atoms with E-state index < -0.39 is 0 Å². The molecule has 0 spiro atoms. The molecule has 0 saturated carbocycles. The minimum absolute atomic E-state index is 0.460. The van der Waals surface area contributed by atoms with E-state index in [2.05, 4.69) is 34.0 Å². The minimum atomic E-state index is 0.460. The lowest BCUT2D eigenvalue weighted by Crippen LogP contribution is -2.33. The number of nitrogens with zero attached hydrogens (tertiary/aromatic N) is 3. The molecule has 2 aliphatic rings. The molecule has 2 aliphatic heterocycles. The third-order valence-corrected chi connectivity index (χ3v) is 5.81. The Morgan fingerprint density at radius 2 is 2.00 bits per heavy atom. The number of hydrogen-bond acceptors (Lipinski definition) is 4. The third kappa shape index (κ3) is 3.20. The van der Waals surface area contributed by atoms with E-state index in [1.165, 1.54) is 55.7 Å². The van der Waals surface area contributed by atoms with Crippen LogP contribution in [0.4, 0.5) is 5.82 Å². The summed E-state index contributed by atoms with van der Waals surface area (Å²) in [5, 5.41) is 8.82. The predicted octanol–water partition coefficient (Wildman–Crippen LogP) is 4.18. The van der Waals surface area contributed by atoms with Crippen LogP contribution in [0, 0.1) is 0 Å². The molecule has 1 N–H and O–H groups in total. The van der Waals surface area contributed by atoms with Gasteiger partial charge in [-0.2, -0.15) is 5.10 Å². The molecule has 0 amide bonds. The Morgan fingerprint density at radius 1 is 1.15 bits per heavy atom. The zero-order valence-electron chi connectivity index (χ0n) is 16.0. The lowest BCUT2D eigenvalue weighted by molar-refractivity contribution is 0.152. The number of aromatic nitrogens is 2. The number of hydrogen-bond donors (Lipinski definition) is 1. The molecule has 2 aromatic rings. The summed E-state index contributed by atoms with van der Waals surface area (Å²) in [6.07, 6.45) is 7.42. The van der Waals surface area contributed by atoms with Gasteiger partial charge in [-0.15, -0.1) is 0 Å². The summed E-state index contributed by atoms with van der Waals surface area (Å²) in [7, 11) is 1.71. The molecule has 1 aromatic carbocycles. The van der Waals surface area contributed by atoms with Gasteiger partial charge in [0.2, 0.25) is 0 Å². The Bertz CT molecular complexity index is 737. The highest BCUT2D eigenvalue weighted by molar-refractivity contribution is 5.55. The first-order valence-electron chi connectivity index (χ1n) is 10.1. The monoisotopic (exact) mass is 354 g/mol. The van der Waals surface area contributed by atoms with Crippen LogP contribution in [0.25, 0.3) is 5.69 Å². The number of anilines is 1. The zero-order valence-corrected chi connectivity index (χ0v) is 16.0. The van der Waals surface area contributed by atoms with Crippen LogP contribution in [0.15, 0.2) is 24.3 Å². The molecule has 0 radical (unpaired) electrons. The van der Waals surface area contributed by atoms with Crippen molar-refractivity contribution in [1.29, 1.82) is 0 Å². The number of rotatable bonds is 4. The van der Waals surface area contributed by atoms with Crippen LogP contribution in [0.2, 0.25) is 0 Å². The second-order valence-electron chi connectivity index (χ2n) is 7.35. The van der Waals surface area contributed by atoms with Crippen LogP contribution in [-0.4, -0.2) is 41.4 Å². The molecular weight excluding hydrogens is 324 g/mol. The largest absolute Gasteiger partial charge is 0.497 e. The standard InChI is InChI=1S/C21H30N4O/c1-3-24-15-7-5-9-19(24)20-18-8-4-6-14-22-21(18)25(23-20)16-10-12-17(26-2)13-11-16/h10-13,19,22H,3-9,14-15H2,1-2H3. The van der Waals surface area contributed by atoms with Gasteiger partial charge in [0.15, 0.2) is 0 Å². The highest BCUT2D eigenvalue weighted by atomic mass is 16.5. The van der Waals surface area contributed by atoms with Gasteiger partial charge in [0, 0.05) is 12.1 Å². The van der Waals surface area contributed by atoms with E-state index >= 15 is 0 Å². The maximum atomic E-state index is 5.31. The van der Waals surface area contributed by atoms with Gasteiger partial charge in [-0.3, -0.25) is 4.90 Å². The zero-order chi connectivity index (χ0) is 17.9. The lowest BCUT2D eigenvalue weighted by atomic mass is 9.95. The topological polar surface area (TPSA) is 42.3 Å². The van der Waals surface area contributed by atoms with Crippen LogP contribution in [-0.2, 0) is 6.42 Å². The van der Waals surface area contributed by atoms with E-state index in [1.54, 1.807) is 7.11 Å². The molecule has 1 unspecified atom stereocenters. The Balaban J connectivity index is 1.78. The van der Waals surface area contributed by atoms with Crippen molar-refractivity contribution in [2.24, 2.45) is 0 Å². The van der Waals surface area contributed by atoms with Crippen LogP contribution in [0.1, 0.15) is 56.3 Å². The van der Waals surface area contributed by atoms with Gasteiger partial charge in [0.25, 0.3) is 0 Å². The van der Waals surface area contributed by atoms with Crippen molar-refractivity contribution in [2.45, 2.75) is 51.5 Å². The van der Waals surface area contributed by atoms with Gasteiger partial charge in [-0.25, -0.2) is 4.68 Å². The van der Waals surface area contributed by atoms with E-state index in [0.29, 0.717) is 6.04 Å². The summed E-state index contributed by atoms with van der Waals surface area (Å²) in [4.78, 5) is 2.61. The SMILES string of the molecule is CCN1CCCCC1c1nn(-c2ccc(OC)cc2)c2c1CCCCN2. The minimum Gasteiger partial charge on any atom is -0.497 e. The molecule has 1 fully saturated rings. The number of nitrogens with one attached hydrogen (secondary N) is 1. The van der Waals surface area contributed by atoms with Crippen LogP contribution in [0.5, 0.6) is 5.75 Å². The first-order valence-corrected chi connectivity index (χ1v) is 10.1. The van der Waals surface area contributed by atoms with Crippen molar-refractivity contribution in [1.82, 2.24) is 14.7 Å². The van der Waals surface area contributed by atoms with Crippen molar-refractivity contribution in [3.05, 3.63) is 35.5 Å². The average molecular weight is 354 g/mol. The molecule has 5 heteroatoms. The van der Waals surface area contributed by atoms with Crippen molar-refractivity contribution in [3.8, 4) is 11.4 Å². The van der Waals surface area contributed by atoms with Crippen LogP contribution in [0.3, 0.4) is 0 Å². The second-order valence-corrected chi connectivity index (χ2v) is 7.35. The molecule has 5 nitrogen and oxygen atoms in total. The number of ether oxygens (including phenoxy) is 1. The van der Waals surface area contributed by atoms with Crippen molar-refractivity contribution < 1.29 is 4.74 Å². The van der Waals surface area contributed by atoms with Crippen molar-refractivity contribution in [3.63, 3.8) is 0 Å². The molecule has 1 saturated heterocycles. The third-order valence-electron chi connectivity index (χ3n) is 5.81. The van der Waals surface area contributed by atoms with E-state index in [-0.39, 0.29) is 0 Å². The van der Waals surface area contributed by atoms with E-state index in [0.717, 1.165) is 30.9 Å². The number of benzene rings is 1. The fourth-order valence-corrected chi connectivity index (χ4v) is 4.39. The predicted molar refractivity (Wildman–Crippen MR) is 105 cm³/mol. The summed E-state index contributed by atoms with van der Waals surface area (Å²) >= 11 is 0. The Morgan fingerprint density at radius 3 is 2.77 bits per heavy atom. The summed E-state index contributed by atoms with van der Waals surface area (Å²) in [6, 6.07) is 8.68. The van der Waals surface area contributed by atoms with Gasteiger partial charge in [-0.05, 0) is 69.5 Å². The maximum absolute atomic E-state index is 5.31. The number of likely N-dealkylation sites (tertiary alicyclic amines) is 1. The molecule has 4 rings (SSSR count). The Kier molecular flexibility index (Phi) is 5.16. The summed E-state index contributed by atoms with van der Waals surface area (Å²) in [5.41, 5.74) is 3.83. The second kappa shape index (κ2) is 7.70. The molecular formula is C21H30N4O. The quantitative estimate of drug-likeness (QED) is 0.894. The highest BCUT2D eigenvalue weighted by Crippen LogP contribution is 2.37. The normalized spacial score (nSPS) is 20.9. The van der Waals surface area contributed by atoms with Gasteiger partial charge in [0.05, 0.1) is 24.5 Å². The fourth-order valence-electron chi connectivity index (χ4n) is 4.39. The van der Waals surface area contributed by atoms with E-state index in [1.807, 2.05) is 12.1 Å². The first kappa shape index (κ1) is 17.4. The number of piperidine rings is 1.